The van der Waals surface area contributed by atoms with Crippen molar-refractivity contribution in [1.29, 1.82) is 0 Å². The topological polar surface area (TPSA) is 82.3 Å². The predicted molar refractivity (Wildman–Crippen MR) is 66.5 cm³/mol. The Hall–Kier alpha value is -1.44. The SMILES string of the molecule is O=S(=O)(c1nnc(-c2ccc(Cl)cc2)o1)C1COC1. The van der Waals surface area contributed by atoms with Crippen LogP contribution in [0.25, 0.3) is 11.5 Å². The van der Waals surface area contributed by atoms with Gasteiger partial charge in [-0.3, -0.25) is 0 Å². The van der Waals surface area contributed by atoms with E-state index >= 15 is 0 Å². The van der Waals surface area contributed by atoms with Gasteiger partial charge < -0.3 is 9.15 Å². The summed E-state index contributed by atoms with van der Waals surface area (Å²) in [5, 5.41) is 6.95. The van der Waals surface area contributed by atoms with Crippen molar-refractivity contribution in [3.8, 4) is 11.5 Å². The third-order valence-electron chi connectivity index (χ3n) is 2.79. The number of nitrogens with zero attached hydrogens (tertiary/aromatic N) is 2. The Bertz CT molecular complexity index is 692. The summed E-state index contributed by atoms with van der Waals surface area (Å²) < 4.78 is 34.1. The summed E-state index contributed by atoms with van der Waals surface area (Å²) >= 11 is 5.77. The first-order valence-electron chi connectivity index (χ1n) is 5.48. The minimum atomic E-state index is -3.59. The van der Waals surface area contributed by atoms with Gasteiger partial charge >= 0.3 is 5.22 Å². The fourth-order valence-electron chi connectivity index (χ4n) is 1.57. The molecule has 0 amide bonds. The standard InChI is InChI=1S/C11H9ClN2O4S/c12-8-3-1-7(2-4-8)10-13-14-11(18-10)19(15,16)9-5-17-6-9/h1-4,9H,5-6H2. The molecule has 0 aliphatic carbocycles. The summed E-state index contributed by atoms with van der Waals surface area (Å²) in [4.78, 5) is 0. The Kier molecular flexibility index (Phi) is 3.04. The van der Waals surface area contributed by atoms with Crippen LogP contribution in [0.3, 0.4) is 0 Å². The summed E-state index contributed by atoms with van der Waals surface area (Å²) in [6.07, 6.45) is 0. The smallest absolute Gasteiger partial charge is 0.336 e. The summed E-state index contributed by atoms with van der Waals surface area (Å²) in [6.45, 7) is 0.335. The maximum Gasteiger partial charge on any atom is 0.336 e. The van der Waals surface area contributed by atoms with Crippen molar-refractivity contribution in [2.75, 3.05) is 13.2 Å². The van der Waals surface area contributed by atoms with Crippen LogP contribution in [-0.4, -0.2) is 37.1 Å². The van der Waals surface area contributed by atoms with Crippen LogP contribution in [-0.2, 0) is 14.6 Å². The molecule has 0 spiro atoms. The lowest BCUT2D eigenvalue weighted by Gasteiger charge is -2.23. The first-order valence-corrected chi connectivity index (χ1v) is 7.41. The number of hydrogen-bond donors (Lipinski definition) is 0. The van der Waals surface area contributed by atoms with Gasteiger partial charge in [-0.15, -0.1) is 5.10 Å². The van der Waals surface area contributed by atoms with Crippen molar-refractivity contribution >= 4 is 21.4 Å². The van der Waals surface area contributed by atoms with E-state index in [0.717, 1.165) is 0 Å². The molecule has 1 saturated heterocycles. The highest BCUT2D eigenvalue weighted by Crippen LogP contribution is 2.25. The van der Waals surface area contributed by atoms with Crippen LogP contribution in [0.5, 0.6) is 0 Å². The second-order valence-electron chi connectivity index (χ2n) is 4.08. The maximum atomic E-state index is 12.0. The molecule has 0 N–H and O–H groups in total. The van der Waals surface area contributed by atoms with Gasteiger partial charge in [-0.1, -0.05) is 16.7 Å². The Balaban J connectivity index is 1.93. The lowest BCUT2D eigenvalue weighted by Crippen LogP contribution is -2.40. The molecule has 8 heteroatoms. The summed E-state index contributed by atoms with van der Waals surface area (Å²) in [6, 6.07) is 6.68. The van der Waals surface area contributed by atoms with E-state index in [0.29, 0.717) is 10.6 Å². The fourth-order valence-corrected chi connectivity index (χ4v) is 2.88. The van der Waals surface area contributed by atoms with Gasteiger partial charge in [0.2, 0.25) is 15.7 Å². The van der Waals surface area contributed by atoms with Gasteiger partial charge in [-0.05, 0) is 24.3 Å². The predicted octanol–water partition coefficient (Wildman–Crippen LogP) is 1.56. The zero-order chi connectivity index (χ0) is 13.5. The lowest BCUT2D eigenvalue weighted by atomic mass is 10.2. The summed E-state index contributed by atoms with van der Waals surface area (Å²) in [5.41, 5.74) is 0.614. The highest BCUT2D eigenvalue weighted by molar-refractivity contribution is 7.91. The Morgan fingerprint density at radius 3 is 2.42 bits per heavy atom. The van der Waals surface area contributed by atoms with Gasteiger partial charge in [0.25, 0.3) is 0 Å². The van der Waals surface area contributed by atoms with Gasteiger partial charge in [0, 0.05) is 10.6 Å². The quantitative estimate of drug-likeness (QED) is 0.855. The monoisotopic (exact) mass is 300 g/mol. The minimum absolute atomic E-state index is 0.149. The molecule has 0 unspecified atom stereocenters. The molecule has 0 bridgehead atoms. The Morgan fingerprint density at radius 2 is 1.84 bits per heavy atom. The fraction of sp³-hybridized carbons (Fsp3) is 0.273. The summed E-state index contributed by atoms with van der Waals surface area (Å²) in [7, 11) is -3.59. The Labute approximate surface area is 114 Å². The molecule has 2 aromatic rings. The number of benzene rings is 1. The highest BCUT2D eigenvalue weighted by Gasteiger charge is 2.38. The number of hydrogen-bond acceptors (Lipinski definition) is 6. The van der Waals surface area contributed by atoms with Crippen LogP contribution in [0.4, 0.5) is 0 Å². The van der Waals surface area contributed by atoms with E-state index in [1.807, 2.05) is 0 Å². The normalized spacial score (nSPS) is 16.3. The van der Waals surface area contributed by atoms with Crippen molar-refractivity contribution < 1.29 is 17.6 Å². The molecule has 1 aliphatic rings. The largest absolute Gasteiger partial charge is 0.408 e. The van der Waals surface area contributed by atoms with Crippen molar-refractivity contribution in [2.24, 2.45) is 0 Å². The third kappa shape index (κ3) is 2.24. The molecule has 19 heavy (non-hydrogen) atoms. The molecule has 1 aromatic carbocycles. The zero-order valence-electron chi connectivity index (χ0n) is 9.61. The van der Waals surface area contributed by atoms with Gasteiger partial charge in [0.1, 0.15) is 5.25 Å². The molecule has 100 valence electrons. The van der Waals surface area contributed by atoms with Crippen LogP contribution in [0, 0.1) is 0 Å². The summed E-state index contributed by atoms with van der Waals surface area (Å²) in [5.74, 6) is 0.149. The average Bonchev–Trinajstić information content (AvgIpc) is 2.77. The maximum absolute atomic E-state index is 12.0. The first-order chi connectivity index (χ1) is 9.07. The van der Waals surface area contributed by atoms with Crippen molar-refractivity contribution in [2.45, 2.75) is 10.5 Å². The van der Waals surface area contributed by atoms with E-state index in [4.69, 9.17) is 20.8 Å². The number of halogens is 1. The Morgan fingerprint density at radius 1 is 1.16 bits per heavy atom. The molecule has 3 rings (SSSR count). The number of sulfone groups is 1. The van der Waals surface area contributed by atoms with E-state index in [1.54, 1.807) is 24.3 Å². The lowest BCUT2D eigenvalue weighted by molar-refractivity contribution is 0.0409. The zero-order valence-corrected chi connectivity index (χ0v) is 11.2. The van der Waals surface area contributed by atoms with E-state index < -0.39 is 15.1 Å². The highest BCUT2D eigenvalue weighted by atomic mass is 35.5. The van der Waals surface area contributed by atoms with Gasteiger partial charge in [0.05, 0.1) is 13.2 Å². The van der Waals surface area contributed by atoms with Crippen LogP contribution in [0.15, 0.2) is 33.9 Å². The number of rotatable bonds is 3. The van der Waals surface area contributed by atoms with E-state index in [-0.39, 0.29) is 24.3 Å². The molecule has 0 radical (unpaired) electrons. The molecule has 1 fully saturated rings. The second kappa shape index (κ2) is 4.59. The molecule has 2 heterocycles. The molecule has 1 aromatic heterocycles. The van der Waals surface area contributed by atoms with Crippen LogP contribution < -0.4 is 0 Å². The molecule has 6 nitrogen and oxygen atoms in total. The third-order valence-corrected chi connectivity index (χ3v) is 4.84. The molecular formula is C11H9ClN2O4S. The minimum Gasteiger partial charge on any atom is -0.408 e. The molecule has 1 aliphatic heterocycles. The molecule has 0 saturated carbocycles. The van der Waals surface area contributed by atoms with Crippen LogP contribution in [0.2, 0.25) is 5.02 Å². The van der Waals surface area contributed by atoms with Gasteiger partial charge in [0.15, 0.2) is 0 Å². The van der Waals surface area contributed by atoms with Crippen molar-refractivity contribution in [3.63, 3.8) is 0 Å². The van der Waals surface area contributed by atoms with Gasteiger partial charge in [-0.25, -0.2) is 8.42 Å². The van der Waals surface area contributed by atoms with Crippen LogP contribution in [0.1, 0.15) is 0 Å². The number of ether oxygens (including phenoxy) is 1. The van der Waals surface area contributed by atoms with Crippen molar-refractivity contribution in [3.05, 3.63) is 29.3 Å². The van der Waals surface area contributed by atoms with E-state index in [9.17, 15) is 8.42 Å². The van der Waals surface area contributed by atoms with Crippen LogP contribution >= 0.6 is 11.6 Å². The second-order valence-corrected chi connectivity index (χ2v) is 6.63. The van der Waals surface area contributed by atoms with E-state index in [2.05, 4.69) is 10.2 Å². The average molecular weight is 301 g/mol. The molecule has 0 atom stereocenters. The van der Waals surface area contributed by atoms with Crippen molar-refractivity contribution in [1.82, 2.24) is 10.2 Å². The number of aromatic nitrogens is 2. The first kappa shape index (κ1) is 12.6. The molecular weight excluding hydrogens is 292 g/mol. The van der Waals surface area contributed by atoms with E-state index in [1.165, 1.54) is 0 Å². The van der Waals surface area contributed by atoms with Gasteiger partial charge in [-0.2, -0.15) is 0 Å².